The molecule has 0 radical (unpaired) electrons. The van der Waals surface area contributed by atoms with Crippen LogP contribution in [0.15, 0.2) is 36.4 Å². The first kappa shape index (κ1) is 13.3. The molecule has 2 bridgehead atoms. The lowest BCUT2D eigenvalue weighted by Crippen LogP contribution is -2.51. The Balaban J connectivity index is 1.52. The van der Waals surface area contributed by atoms with Crippen LogP contribution in [-0.2, 0) is 16.0 Å². The highest BCUT2D eigenvalue weighted by molar-refractivity contribution is 5.99. The van der Waals surface area contributed by atoms with Gasteiger partial charge in [0, 0.05) is 12.2 Å². The van der Waals surface area contributed by atoms with Gasteiger partial charge in [0.2, 0.25) is 5.91 Å². The maximum Gasteiger partial charge on any atom is 0.307 e. The summed E-state index contributed by atoms with van der Waals surface area (Å²) in [5.74, 6) is -0.520. The van der Waals surface area contributed by atoms with Gasteiger partial charge in [-0.05, 0) is 48.1 Å². The van der Waals surface area contributed by atoms with E-state index in [4.69, 9.17) is 0 Å². The van der Waals surface area contributed by atoms with Crippen LogP contribution in [0.2, 0.25) is 0 Å². The Hall–Kier alpha value is -2.10. The van der Waals surface area contributed by atoms with Gasteiger partial charge in [-0.15, -0.1) is 0 Å². The zero-order valence-corrected chi connectivity index (χ0v) is 12.8. The highest BCUT2D eigenvalue weighted by Gasteiger charge is 2.63. The van der Waals surface area contributed by atoms with Crippen molar-refractivity contribution in [2.24, 2.45) is 35.5 Å². The number of rotatable bonds is 2. The molecule has 1 aromatic carbocycles. The summed E-state index contributed by atoms with van der Waals surface area (Å²) in [6.45, 7) is 0.677. The van der Waals surface area contributed by atoms with E-state index < -0.39 is 17.8 Å². The molecule has 1 amide bonds. The third kappa shape index (κ3) is 1.72. The fourth-order valence-corrected chi connectivity index (χ4v) is 5.30. The molecular weight excluding hydrogens is 290 g/mol. The van der Waals surface area contributed by atoms with Crippen molar-refractivity contribution >= 4 is 17.6 Å². The van der Waals surface area contributed by atoms with Crippen LogP contribution in [0.3, 0.4) is 0 Å². The molecule has 23 heavy (non-hydrogen) atoms. The molecule has 118 valence electrons. The lowest BCUT2D eigenvalue weighted by molar-refractivity contribution is -0.152. The van der Waals surface area contributed by atoms with E-state index >= 15 is 0 Å². The van der Waals surface area contributed by atoms with Crippen LogP contribution in [-0.4, -0.2) is 23.5 Å². The summed E-state index contributed by atoms with van der Waals surface area (Å²) in [4.78, 5) is 27.0. The molecule has 5 aliphatic rings. The predicted octanol–water partition coefficient (Wildman–Crippen LogP) is 2.34. The molecule has 6 rings (SSSR count). The molecule has 1 aliphatic heterocycles. The Morgan fingerprint density at radius 3 is 2.48 bits per heavy atom. The Bertz CT molecular complexity index is 740. The van der Waals surface area contributed by atoms with Crippen molar-refractivity contribution in [3.05, 3.63) is 42.0 Å². The quantitative estimate of drug-likeness (QED) is 0.853. The van der Waals surface area contributed by atoms with Crippen molar-refractivity contribution in [3.63, 3.8) is 0 Å². The zero-order valence-electron chi connectivity index (χ0n) is 12.8. The first-order valence-electron chi connectivity index (χ1n) is 8.47. The van der Waals surface area contributed by atoms with Crippen molar-refractivity contribution < 1.29 is 14.7 Å². The number of carbonyl (C=O) groups is 2. The number of carbonyl (C=O) groups excluding carboxylic acids is 1. The number of anilines is 1. The minimum Gasteiger partial charge on any atom is -0.481 e. The number of hydrogen-bond donors (Lipinski definition) is 1. The van der Waals surface area contributed by atoms with Gasteiger partial charge in [-0.2, -0.15) is 0 Å². The largest absolute Gasteiger partial charge is 0.481 e. The van der Waals surface area contributed by atoms with E-state index in [9.17, 15) is 14.7 Å². The summed E-state index contributed by atoms with van der Waals surface area (Å²) in [7, 11) is 0. The fourth-order valence-electron chi connectivity index (χ4n) is 5.30. The summed E-state index contributed by atoms with van der Waals surface area (Å²) in [6, 6.07) is 7.98. The number of benzene rings is 1. The molecule has 6 atom stereocenters. The molecule has 1 aromatic rings. The first-order valence-corrected chi connectivity index (χ1v) is 8.47. The molecule has 4 aliphatic carbocycles. The van der Waals surface area contributed by atoms with E-state index in [-0.39, 0.29) is 17.7 Å². The summed E-state index contributed by atoms with van der Waals surface area (Å²) in [6.07, 6.45) is 6.15. The molecule has 1 heterocycles. The maximum absolute atomic E-state index is 13.3. The number of amides is 1. The standard InChI is InChI=1S/C19H19NO3/c21-18(20-8-7-10-3-1-2-4-15(10)20)16-11-5-6-12(14-9-13(11)14)17(16)19(22)23/h1-6,11-14,16-17H,7-9H2,(H,22,23)/t11-,12+,13-,14+,16-,17-/m0/s1. The molecule has 4 nitrogen and oxygen atoms in total. The monoisotopic (exact) mass is 309 g/mol. The Morgan fingerprint density at radius 2 is 1.74 bits per heavy atom. The van der Waals surface area contributed by atoms with Crippen molar-refractivity contribution in [2.45, 2.75) is 12.8 Å². The van der Waals surface area contributed by atoms with Gasteiger partial charge in [-0.25, -0.2) is 0 Å². The van der Waals surface area contributed by atoms with Gasteiger partial charge in [0.05, 0.1) is 11.8 Å². The van der Waals surface area contributed by atoms with Gasteiger partial charge in [0.25, 0.3) is 0 Å². The van der Waals surface area contributed by atoms with E-state index in [1.807, 2.05) is 23.1 Å². The third-order valence-electron chi connectivity index (χ3n) is 6.38. The normalized spacial score (nSPS) is 39.0. The van der Waals surface area contributed by atoms with E-state index in [0.29, 0.717) is 18.4 Å². The minimum atomic E-state index is -0.805. The number of hydrogen-bond acceptors (Lipinski definition) is 2. The van der Waals surface area contributed by atoms with Crippen molar-refractivity contribution in [1.29, 1.82) is 0 Å². The summed E-state index contributed by atoms with van der Waals surface area (Å²) in [5, 5.41) is 9.75. The second-order valence-electron chi connectivity index (χ2n) is 7.36. The second kappa shape index (κ2) is 4.47. The predicted molar refractivity (Wildman–Crippen MR) is 84.8 cm³/mol. The van der Waals surface area contributed by atoms with Crippen molar-refractivity contribution in [1.82, 2.24) is 0 Å². The zero-order chi connectivity index (χ0) is 15.7. The molecule has 2 fully saturated rings. The number of aliphatic carboxylic acids is 1. The molecule has 0 spiro atoms. The lowest BCUT2D eigenvalue weighted by atomic mass is 9.62. The Labute approximate surface area is 134 Å². The van der Waals surface area contributed by atoms with Gasteiger partial charge in [0.15, 0.2) is 0 Å². The third-order valence-corrected chi connectivity index (χ3v) is 6.38. The van der Waals surface area contributed by atoms with Gasteiger partial charge in [-0.1, -0.05) is 30.4 Å². The molecular formula is C19H19NO3. The molecule has 4 heteroatoms. The summed E-state index contributed by atoms with van der Waals surface area (Å²) in [5.41, 5.74) is 2.16. The van der Waals surface area contributed by atoms with Crippen LogP contribution in [0.1, 0.15) is 12.0 Å². The SMILES string of the molecule is O=C(O)[C@H]1[C@@H]2C=C[C@@H]([C@@H]3C[C@H]23)[C@@H]1C(=O)N1CCc2ccccc21. The highest BCUT2D eigenvalue weighted by Crippen LogP contribution is 2.64. The molecule has 0 aromatic heterocycles. The van der Waals surface area contributed by atoms with Crippen LogP contribution in [0, 0.1) is 35.5 Å². The Morgan fingerprint density at radius 1 is 1.04 bits per heavy atom. The molecule has 0 unspecified atom stereocenters. The van der Waals surface area contributed by atoms with E-state index in [1.54, 1.807) is 0 Å². The maximum atomic E-state index is 13.3. The number of carboxylic acids is 1. The van der Waals surface area contributed by atoms with Gasteiger partial charge in [-0.3, -0.25) is 9.59 Å². The van der Waals surface area contributed by atoms with E-state index in [1.165, 1.54) is 5.56 Å². The second-order valence-corrected chi connectivity index (χ2v) is 7.36. The number of para-hydroxylation sites is 1. The van der Waals surface area contributed by atoms with Crippen LogP contribution in [0.4, 0.5) is 5.69 Å². The first-order chi connectivity index (χ1) is 11.2. The highest BCUT2D eigenvalue weighted by atomic mass is 16.4. The number of fused-ring (bicyclic) bond motifs is 2. The smallest absolute Gasteiger partial charge is 0.307 e. The molecule has 0 saturated heterocycles. The number of nitrogens with zero attached hydrogens (tertiary/aromatic N) is 1. The van der Waals surface area contributed by atoms with Crippen LogP contribution >= 0.6 is 0 Å². The fraction of sp³-hybridized carbons (Fsp3) is 0.474. The van der Waals surface area contributed by atoms with Gasteiger partial charge < -0.3 is 10.0 Å². The van der Waals surface area contributed by atoms with Crippen LogP contribution in [0.5, 0.6) is 0 Å². The summed E-state index contributed by atoms with van der Waals surface area (Å²) < 4.78 is 0. The van der Waals surface area contributed by atoms with Crippen LogP contribution in [0.25, 0.3) is 0 Å². The van der Waals surface area contributed by atoms with Gasteiger partial charge in [0.1, 0.15) is 0 Å². The summed E-state index contributed by atoms with van der Waals surface area (Å²) >= 11 is 0. The van der Waals surface area contributed by atoms with E-state index in [0.717, 1.165) is 18.5 Å². The number of carboxylic acid groups (broad SMARTS) is 1. The average Bonchev–Trinajstić information content (AvgIpc) is 3.28. The van der Waals surface area contributed by atoms with Crippen LogP contribution < -0.4 is 4.90 Å². The van der Waals surface area contributed by atoms with E-state index in [2.05, 4.69) is 18.2 Å². The average molecular weight is 309 g/mol. The lowest BCUT2D eigenvalue weighted by Gasteiger charge is -2.43. The molecule has 2 saturated carbocycles. The molecule has 1 N–H and O–H groups in total. The van der Waals surface area contributed by atoms with Crippen molar-refractivity contribution in [3.8, 4) is 0 Å². The number of allylic oxidation sites excluding steroid dienone is 2. The minimum absolute atomic E-state index is 0.0204. The topological polar surface area (TPSA) is 57.6 Å². The Kier molecular flexibility index (Phi) is 2.59. The van der Waals surface area contributed by atoms with Gasteiger partial charge >= 0.3 is 5.97 Å². The van der Waals surface area contributed by atoms with Crippen molar-refractivity contribution in [2.75, 3.05) is 11.4 Å².